The molecule has 2 aromatic rings. The minimum Gasteiger partial charge on any atom is -0.394 e. The van der Waals surface area contributed by atoms with Crippen molar-refractivity contribution in [3.8, 4) is 0 Å². The van der Waals surface area contributed by atoms with Gasteiger partial charge in [0.05, 0.1) is 18.7 Å². The molecular formula is C12H12N2O. The van der Waals surface area contributed by atoms with Gasteiger partial charge in [0.25, 0.3) is 0 Å². The first-order valence-electron chi connectivity index (χ1n) is 4.86. The van der Waals surface area contributed by atoms with Crippen molar-refractivity contribution in [2.75, 3.05) is 13.2 Å². The van der Waals surface area contributed by atoms with Crippen molar-refractivity contribution in [3.63, 3.8) is 0 Å². The van der Waals surface area contributed by atoms with Gasteiger partial charge < -0.3 is 5.11 Å². The fraction of sp³-hybridized carbons (Fsp3) is 0.167. The molecule has 0 saturated carbocycles. The Balaban J connectivity index is 2.42. The van der Waals surface area contributed by atoms with Gasteiger partial charge in [-0.15, -0.1) is 0 Å². The molecule has 3 nitrogen and oxygen atoms in total. The molecule has 3 heteroatoms. The van der Waals surface area contributed by atoms with Crippen LogP contribution in [-0.4, -0.2) is 29.5 Å². The SMILES string of the molecule is OCCN=Cc1cccc2cccnc12. The van der Waals surface area contributed by atoms with Gasteiger partial charge in [-0.2, -0.15) is 0 Å². The number of benzene rings is 1. The smallest absolute Gasteiger partial charge is 0.0789 e. The van der Waals surface area contributed by atoms with Gasteiger partial charge in [-0.3, -0.25) is 9.98 Å². The Kier molecular flexibility index (Phi) is 3.05. The van der Waals surface area contributed by atoms with E-state index in [1.54, 1.807) is 12.4 Å². The highest BCUT2D eigenvalue weighted by Crippen LogP contribution is 2.13. The Morgan fingerprint density at radius 1 is 1.27 bits per heavy atom. The molecule has 0 bridgehead atoms. The van der Waals surface area contributed by atoms with Crippen molar-refractivity contribution in [1.29, 1.82) is 0 Å². The summed E-state index contributed by atoms with van der Waals surface area (Å²) in [5, 5.41) is 9.73. The molecule has 0 aliphatic carbocycles. The first-order chi connectivity index (χ1) is 7.42. The Labute approximate surface area is 88.1 Å². The summed E-state index contributed by atoms with van der Waals surface area (Å²) in [5.74, 6) is 0. The molecule has 0 aliphatic heterocycles. The number of hydrogen-bond acceptors (Lipinski definition) is 3. The lowest BCUT2D eigenvalue weighted by molar-refractivity contribution is 0.307. The molecule has 15 heavy (non-hydrogen) atoms. The largest absolute Gasteiger partial charge is 0.394 e. The van der Waals surface area contributed by atoms with Gasteiger partial charge in [0, 0.05) is 23.4 Å². The van der Waals surface area contributed by atoms with Crippen LogP contribution in [0.1, 0.15) is 5.56 Å². The number of aliphatic hydroxyl groups excluding tert-OH is 1. The fourth-order valence-corrected chi connectivity index (χ4v) is 1.45. The highest BCUT2D eigenvalue weighted by Gasteiger charge is 1.97. The molecule has 2 rings (SSSR count). The van der Waals surface area contributed by atoms with E-state index in [4.69, 9.17) is 5.11 Å². The number of aliphatic imine (C=N–C) groups is 1. The summed E-state index contributed by atoms with van der Waals surface area (Å²) in [4.78, 5) is 8.40. The molecule has 1 aromatic carbocycles. The lowest BCUT2D eigenvalue weighted by Gasteiger charge is -1.99. The van der Waals surface area contributed by atoms with Gasteiger partial charge in [0.15, 0.2) is 0 Å². The molecule has 0 radical (unpaired) electrons. The second-order valence-electron chi connectivity index (χ2n) is 3.18. The molecule has 0 saturated heterocycles. The van der Waals surface area contributed by atoms with Crippen molar-refractivity contribution in [3.05, 3.63) is 42.1 Å². The van der Waals surface area contributed by atoms with Gasteiger partial charge in [-0.1, -0.05) is 24.3 Å². The second-order valence-corrected chi connectivity index (χ2v) is 3.18. The quantitative estimate of drug-likeness (QED) is 0.765. The molecule has 1 aromatic heterocycles. The molecular weight excluding hydrogens is 188 g/mol. The number of hydrogen-bond donors (Lipinski definition) is 1. The predicted molar refractivity (Wildman–Crippen MR) is 61.3 cm³/mol. The molecule has 76 valence electrons. The standard InChI is InChI=1S/C12H12N2O/c15-8-7-13-9-11-4-1-3-10-5-2-6-14-12(10)11/h1-6,9,15H,7-8H2. The van der Waals surface area contributed by atoms with Gasteiger partial charge >= 0.3 is 0 Å². The van der Waals surface area contributed by atoms with Crippen LogP contribution >= 0.6 is 0 Å². The highest BCUT2D eigenvalue weighted by molar-refractivity contribution is 5.97. The number of pyridine rings is 1. The van der Waals surface area contributed by atoms with Gasteiger partial charge in [-0.05, 0) is 6.07 Å². The number of fused-ring (bicyclic) bond motifs is 1. The predicted octanol–water partition coefficient (Wildman–Crippen LogP) is 1.65. The van der Waals surface area contributed by atoms with Crippen LogP contribution in [0.3, 0.4) is 0 Å². The monoisotopic (exact) mass is 200 g/mol. The molecule has 1 N–H and O–H groups in total. The zero-order chi connectivity index (χ0) is 10.5. The average Bonchev–Trinajstić information content (AvgIpc) is 2.30. The van der Waals surface area contributed by atoms with Gasteiger partial charge in [0.1, 0.15) is 0 Å². The summed E-state index contributed by atoms with van der Waals surface area (Å²) >= 11 is 0. The van der Waals surface area contributed by atoms with Crippen molar-refractivity contribution >= 4 is 17.1 Å². The van der Waals surface area contributed by atoms with Crippen molar-refractivity contribution in [2.45, 2.75) is 0 Å². The van der Waals surface area contributed by atoms with E-state index in [9.17, 15) is 0 Å². The average molecular weight is 200 g/mol. The van der Waals surface area contributed by atoms with E-state index in [0.29, 0.717) is 6.54 Å². The van der Waals surface area contributed by atoms with Crippen LogP contribution in [-0.2, 0) is 0 Å². The number of para-hydroxylation sites is 1. The van der Waals surface area contributed by atoms with Crippen LogP contribution in [0.5, 0.6) is 0 Å². The first kappa shape index (κ1) is 9.80. The molecule has 0 unspecified atom stereocenters. The third-order valence-corrected chi connectivity index (χ3v) is 2.12. The number of aliphatic hydroxyl groups is 1. The van der Waals surface area contributed by atoms with E-state index in [2.05, 4.69) is 9.98 Å². The Hall–Kier alpha value is -1.74. The summed E-state index contributed by atoms with van der Waals surface area (Å²) in [6.45, 7) is 0.512. The molecule has 0 atom stereocenters. The van der Waals surface area contributed by atoms with Crippen LogP contribution in [0.4, 0.5) is 0 Å². The van der Waals surface area contributed by atoms with E-state index in [-0.39, 0.29) is 6.61 Å². The summed E-state index contributed by atoms with van der Waals surface area (Å²) in [7, 11) is 0. The normalized spacial score (nSPS) is 11.3. The van der Waals surface area contributed by atoms with Crippen LogP contribution in [0, 0.1) is 0 Å². The minimum absolute atomic E-state index is 0.0781. The topological polar surface area (TPSA) is 45.5 Å². The molecule has 0 amide bonds. The van der Waals surface area contributed by atoms with E-state index < -0.39 is 0 Å². The first-order valence-corrected chi connectivity index (χ1v) is 4.86. The third-order valence-electron chi connectivity index (χ3n) is 2.12. The van der Waals surface area contributed by atoms with E-state index in [1.807, 2.05) is 30.3 Å². The van der Waals surface area contributed by atoms with E-state index in [1.165, 1.54) is 0 Å². The Morgan fingerprint density at radius 3 is 3.00 bits per heavy atom. The second kappa shape index (κ2) is 4.66. The highest BCUT2D eigenvalue weighted by atomic mass is 16.3. The maximum atomic E-state index is 8.63. The molecule has 0 spiro atoms. The van der Waals surface area contributed by atoms with Crippen LogP contribution in [0.15, 0.2) is 41.5 Å². The summed E-state index contributed by atoms with van der Waals surface area (Å²) in [6, 6.07) is 9.90. The summed E-state index contributed by atoms with van der Waals surface area (Å²) in [6.07, 6.45) is 3.53. The van der Waals surface area contributed by atoms with Crippen LogP contribution in [0.25, 0.3) is 10.9 Å². The molecule has 0 fully saturated rings. The van der Waals surface area contributed by atoms with Gasteiger partial charge in [-0.25, -0.2) is 0 Å². The van der Waals surface area contributed by atoms with Crippen molar-refractivity contribution in [1.82, 2.24) is 4.98 Å². The number of rotatable bonds is 3. The Bertz CT molecular complexity index is 475. The number of nitrogens with zero attached hydrogens (tertiary/aromatic N) is 2. The fourth-order valence-electron chi connectivity index (χ4n) is 1.45. The van der Waals surface area contributed by atoms with Crippen molar-refractivity contribution < 1.29 is 5.11 Å². The van der Waals surface area contributed by atoms with E-state index >= 15 is 0 Å². The zero-order valence-corrected chi connectivity index (χ0v) is 8.30. The number of aromatic nitrogens is 1. The maximum absolute atomic E-state index is 8.63. The zero-order valence-electron chi connectivity index (χ0n) is 8.30. The van der Waals surface area contributed by atoms with E-state index in [0.717, 1.165) is 16.5 Å². The van der Waals surface area contributed by atoms with Gasteiger partial charge in [0.2, 0.25) is 0 Å². The van der Waals surface area contributed by atoms with Crippen LogP contribution < -0.4 is 0 Å². The summed E-state index contributed by atoms with van der Waals surface area (Å²) < 4.78 is 0. The molecule has 1 heterocycles. The minimum atomic E-state index is 0.0781. The third kappa shape index (κ3) is 2.19. The molecule has 0 aliphatic rings. The Morgan fingerprint density at radius 2 is 2.13 bits per heavy atom. The van der Waals surface area contributed by atoms with Crippen LogP contribution in [0.2, 0.25) is 0 Å². The maximum Gasteiger partial charge on any atom is 0.0789 e. The lowest BCUT2D eigenvalue weighted by atomic mass is 10.1. The van der Waals surface area contributed by atoms with Crippen molar-refractivity contribution in [2.24, 2.45) is 4.99 Å². The lowest BCUT2D eigenvalue weighted by Crippen LogP contribution is -1.91. The summed E-state index contributed by atoms with van der Waals surface area (Å²) in [5.41, 5.74) is 1.93.